The largest absolute Gasteiger partial charge is 0.381 e. The first-order chi connectivity index (χ1) is 16.2. The molecule has 2 aliphatic heterocycles. The Morgan fingerprint density at radius 2 is 1.64 bits per heavy atom. The molecule has 6 unspecified atom stereocenters. The molecule has 0 aromatic carbocycles. The zero-order valence-corrected chi connectivity index (χ0v) is 20.5. The van der Waals surface area contributed by atoms with Gasteiger partial charge in [-0.05, 0) is 70.4 Å². The standard InChI is InChI=1S/C24H46N6O3/c1-32-20-7-4-8-21(33-2)19(20)14-27-24(31)17-5-3-6-18(13-17)26-15-22-28-23(30-29-22)16-9-11-25-12-10-16/h16-23,25-26,28-30H,3-15H2,1-2H3,(H,27,31). The van der Waals surface area contributed by atoms with Gasteiger partial charge in [0.05, 0.1) is 24.5 Å². The molecule has 1 amide bonds. The predicted octanol–water partition coefficient (Wildman–Crippen LogP) is 0.430. The second-order valence-electron chi connectivity index (χ2n) is 10.4. The first kappa shape index (κ1) is 25.3. The van der Waals surface area contributed by atoms with Crippen molar-refractivity contribution in [3.05, 3.63) is 0 Å². The Balaban J connectivity index is 1.18. The molecule has 2 heterocycles. The van der Waals surface area contributed by atoms with E-state index in [9.17, 15) is 4.79 Å². The maximum atomic E-state index is 13.0. The number of hydrogen-bond donors (Lipinski definition) is 6. The zero-order chi connectivity index (χ0) is 23.0. The van der Waals surface area contributed by atoms with Gasteiger partial charge in [0.15, 0.2) is 0 Å². The summed E-state index contributed by atoms with van der Waals surface area (Å²) in [5.41, 5.74) is 6.85. The lowest BCUT2D eigenvalue weighted by Gasteiger charge is -2.37. The van der Waals surface area contributed by atoms with E-state index in [1.165, 1.54) is 12.8 Å². The number of carbonyl (C=O) groups excluding carboxylic acids is 1. The van der Waals surface area contributed by atoms with Crippen molar-refractivity contribution < 1.29 is 14.3 Å². The molecule has 4 rings (SSSR count). The number of hydrazine groups is 1. The van der Waals surface area contributed by atoms with Gasteiger partial charge < -0.3 is 25.4 Å². The summed E-state index contributed by atoms with van der Waals surface area (Å²) in [5.74, 6) is 1.19. The minimum absolute atomic E-state index is 0.0898. The molecule has 190 valence electrons. The summed E-state index contributed by atoms with van der Waals surface area (Å²) in [5, 5.41) is 14.1. The monoisotopic (exact) mass is 466 g/mol. The fourth-order valence-electron chi connectivity index (χ4n) is 6.33. The Morgan fingerprint density at radius 3 is 2.36 bits per heavy atom. The highest BCUT2D eigenvalue weighted by Crippen LogP contribution is 2.29. The Labute approximate surface area is 199 Å². The molecule has 2 saturated carbocycles. The van der Waals surface area contributed by atoms with Crippen molar-refractivity contribution in [1.82, 2.24) is 32.1 Å². The molecular weight excluding hydrogens is 420 g/mol. The van der Waals surface area contributed by atoms with E-state index in [4.69, 9.17) is 9.47 Å². The molecule has 9 nitrogen and oxygen atoms in total. The van der Waals surface area contributed by atoms with Gasteiger partial charge in [0.25, 0.3) is 0 Å². The summed E-state index contributed by atoms with van der Waals surface area (Å²) >= 11 is 0. The van der Waals surface area contributed by atoms with Crippen LogP contribution in [0.4, 0.5) is 0 Å². The van der Waals surface area contributed by atoms with Crippen LogP contribution >= 0.6 is 0 Å². The molecule has 6 atom stereocenters. The fourth-order valence-corrected chi connectivity index (χ4v) is 6.33. The molecule has 4 aliphatic rings. The Bertz CT molecular complexity index is 593. The minimum atomic E-state index is 0.0898. The molecule has 0 spiro atoms. The van der Waals surface area contributed by atoms with Crippen molar-refractivity contribution in [2.45, 2.75) is 88.4 Å². The average molecular weight is 467 g/mol. The molecule has 0 aromatic rings. The van der Waals surface area contributed by atoms with Crippen LogP contribution in [0.1, 0.15) is 57.8 Å². The van der Waals surface area contributed by atoms with Gasteiger partial charge in [0, 0.05) is 45.2 Å². The zero-order valence-electron chi connectivity index (χ0n) is 20.5. The molecule has 0 bridgehead atoms. The predicted molar refractivity (Wildman–Crippen MR) is 128 cm³/mol. The smallest absolute Gasteiger partial charge is 0.223 e. The Kier molecular flexibility index (Phi) is 9.78. The van der Waals surface area contributed by atoms with Crippen LogP contribution in [0.15, 0.2) is 0 Å². The van der Waals surface area contributed by atoms with Crippen molar-refractivity contribution in [2.24, 2.45) is 17.8 Å². The van der Waals surface area contributed by atoms with E-state index >= 15 is 0 Å². The van der Waals surface area contributed by atoms with Crippen molar-refractivity contribution in [3.63, 3.8) is 0 Å². The second kappa shape index (κ2) is 12.8. The van der Waals surface area contributed by atoms with Crippen LogP contribution in [0, 0.1) is 17.8 Å². The van der Waals surface area contributed by atoms with Gasteiger partial charge in [0.2, 0.25) is 5.91 Å². The third kappa shape index (κ3) is 6.87. The fraction of sp³-hybridized carbons (Fsp3) is 0.958. The molecule has 9 heteroatoms. The molecule has 6 N–H and O–H groups in total. The van der Waals surface area contributed by atoms with Gasteiger partial charge in [-0.15, -0.1) is 0 Å². The lowest BCUT2D eigenvalue weighted by atomic mass is 9.82. The van der Waals surface area contributed by atoms with E-state index in [0.717, 1.165) is 64.6 Å². The normalized spacial score (nSPS) is 38.3. The van der Waals surface area contributed by atoms with Crippen molar-refractivity contribution in [1.29, 1.82) is 0 Å². The molecule has 0 aromatic heterocycles. The molecule has 2 aliphatic carbocycles. The van der Waals surface area contributed by atoms with Gasteiger partial charge in [-0.25, -0.2) is 10.9 Å². The second-order valence-corrected chi connectivity index (χ2v) is 10.4. The van der Waals surface area contributed by atoms with Gasteiger partial charge in [-0.3, -0.25) is 10.1 Å². The number of nitrogens with one attached hydrogen (secondary N) is 6. The van der Waals surface area contributed by atoms with Gasteiger partial charge in [-0.2, -0.15) is 0 Å². The molecule has 33 heavy (non-hydrogen) atoms. The van der Waals surface area contributed by atoms with Crippen LogP contribution in [-0.2, 0) is 14.3 Å². The van der Waals surface area contributed by atoms with Gasteiger partial charge in [-0.1, -0.05) is 6.42 Å². The summed E-state index contributed by atoms with van der Waals surface area (Å²) in [4.78, 5) is 13.0. The highest BCUT2D eigenvalue weighted by atomic mass is 16.5. The number of piperidine rings is 1. The van der Waals surface area contributed by atoms with E-state index in [0.29, 0.717) is 24.7 Å². The quantitative estimate of drug-likeness (QED) is 0.291. The number of methoxy groups -OCH3 is 2. The third-order valence-electron chi connectivity index (χ3n) is 8.35. The summed E-state index contributed by atoms with van der Waals surface area (Å²) in [6, 6.07) is 0.393. The van der Waals surface area contributed by atoms with Crippen LogP contribution in [0.5, 0.6) is 0 Å². The topological polar surface area (TPSA) is 108 Å². The average Bonchev–Trinajstić information content (AvgIpc) is 3.35. The molecule has 0 radical (unpaired) electrons. The Hall–Kier alpha value is -0.810. The lowest BCUT2D eigenvalue weighted by molar-refractivity contribution is -0.127. The van der Waals surface area contributed by atoms with Crippen molar-refractivity contribution in [2.75, 3.05) is 40.4 Å². The highest BCUT2D eigenvalue weighted by Gasteiger charge is 2.35. The number of ether oxygens (including phenoxy) is 2. The van der Waals surface area contributed by atoms with Crippen molar-refractivity contribution >= 4 is 5.91 Å². The number of amides is 1. The summed E-state index contributed by atoms with van der Waals surface area (Å²) < 4.78 is 11.4. The number of hydrogen-bond acceptors (Lipinski definition) is 8. The third-order valence-corrected chi connectivity index (χ3v) is 8.35. The molecule has 2 saturated heterocycles. The lowest BCUT2D eigenvalue weighted by Crippen LogP contribution is -2.49. The first-order valence-corrected chi connectivity index (χ1v) is 13.2. The van der Waals surface area contributed by atoms with Gasteiger partial charge >= 0.3 is 0 Å². The van der Waals surface area contributed by atoms with E-state index in [2.05, 4.69) is 32.1 Å². The highest BCUT2D eigenvalue weighted by molar-refractivity contribution is 5.78. The van der Waals surface area contributed by atoms with Crippen LogP contribution in [0.3, 0.4) is 0 Å². The SMILES string of the molecule is COC1CCCC(OC)C1CNC(=O)C1CCCC(NCC2NNC(C3CCNCC3)N2)C1. The summed E-state index contributed by atoms with van der Waals surface area (Å²) in [7, 11) is 3.54. The van der Waals surface area contributed by atoms with Crippen LogP contribution in [0.25, 0.3) is 0 Å². The maximum absolute atomic E-state index is 13.0. The van der Waals surface area contributed by atoms with E-state index in [1.54, 1.807) is 14.2 Å². The Morgan fingerprint density at radius 1 is 0.909 bits per heavy atom. The van der Waals surface area contributed by atoms with Crippen LogP contribution in [-0.4, -0.2) is 76.9 Å². The van der Waals surface area contributed by atoms with Crippen molar-refractivity contribution in [3.8, 4) is 0 Å². The maximum Gasteiger partial charge on any atom is 0.223 e. The molecule has 4 fully saturated rings. The van der Waals surface area contributed by atoms with Gasteiger partial charge in [0.1, 0.15) is 0 Å². The number of carbonyl (C=O) groups is 1. The summed E-state index contributed by atoms with van der Waals surface area (Å²) in [6.07, 6.45) is 10.7. The van der Waals surface area contributed by atoms with Crippen LogP contribution in [0.2, 0.25) is 0 Å². The van der Waals surface area contributed by atoms with E-state index < -0.39 is 0 Å². The minimum Gasteiger partial charge on any atom is -0.381 e. The van der Waals surface area contributed by atoms with Crippen LogP contribution < -0.4 is 32.1 Å². The summed E-state index contributed by atoms with van der Waals surface area (Å²) in [6.45, 7) is 3.72. The first-order valence-electron chi connectivity index (χ1n) is 13.2. The molecular formula is C24H46N6O3. The number of rotatable bonds is 9. The van der Waals surface area contributed by atoms with E-state index in [1.807, 2.05) is 0 Å². The van der Waals surface area contributed by atoms with E-state index in [-0.39, 0.29) is 36.1 Å².